The van der Waals surface area contributed by atoms with Crippen LogP contribution in [0.25, 0.3) is 0 Å². The molecule has 2 atom stereocenters. The lowest BCUT2D eigenvalue weighted by molar-refractivity contribution is -0.137. The number of rotatable bonds is 5. The first-order chi connectivity index (χ1) is 18.4. The minimum absolute atomic E-state index is 0.152. The Morgan fingerprint density at radius 2 is 1.77 bits per heavy atom. The fourth-order valence-electron chi connectivity index (χ4n) is 5.98. The van der Waals surface area contributed by atoms with Gasteiger partial charge in [0.25, 0.3) is 0 Å². The molecule has 0 bridgehead atoms. The number of anilines is 1. The van der Waals surface area contributed by atoms with Crippen molar-refractivity contribution >= 4 is 27.5 Å². The molecule has 2 aliphatic heterocycles. The third-order valence-electron chi connectivity index (χ3n) is 8.17. The normalized spacial score (nSPS) is 22.5. The molecule has 1 aromatic rings. The number of nitrogens with one attached hydrogen (secondary N) is 1. The van der Waals surface area contributed by atoms with Crippen LogP contribution in [0.15, 0.2) is 84.0 Å². The highest BCUT2D eigenvalue weighted by Gasteiger charge is 2.48. The monoisotopic (exact) mass is 548 g/mol. The van der Waals surface area contributed by atoms with Gasteiger partial charge in [0.15, 0.2) is 0 Å². The van der Waals surface area contributed by atoms with Crippen LogP contribution in [0.4, 0.5) is 5.69 Å². The number of benzene rings is 1. The quantitative estimate of drug-likeness (QED) is 0.588. The largest absolute Gasteiger partial charge is 0.341 e. The number of hydrogen-bond acceptors (Lipinski definition) is 5. The Balaban J connectivity index is 1.42. The predicted octanol–water partition coefficient (Wildman–Crippen LogP) is 2.71. The van der Waals surface area contributed by atoms with Gasteiger partial charge in [0.05, 0.1) is 17.5 Å². The average molecular weight is 549 g/mol. The predicted molar refractivity (Wildman–Crippen MR) is 153 cm³/mol. The third kappa shape index (κ3) is 5.13. The van der Waals surface area contributed by atoms with Crippen molar-refractivity contribution in [1.29, 1.82) is 0 Å². The molecule has 1 saturated heterocycles. The van der Waals surface area contributed by atoms with Crippen LogP contribution in [0, 0.1) is 5.92 Å². The van der Waals surface area contributed by atoms with Crippen molar-refractivity contribution in [2.45, 2.75) is 43.7 Å². The van der Waals surface area contributed by atoms with Gasteiger partial charge in [-0.3, -0.25) is 13.9 Å². The average Bonchev–Trinajstić information content (AvgIpc) is 3.07. The Morgan fingerprint density at radius 1 is 1.08 bits per heavy atom. The molecule has 2 heterocycles. The van der Waals surface area contributed by atoms with Crippen LogP contribution in [0.1, 0.15) is 32.3 Å². The highest BCUT2D eigenvalue weighted by atomic mass is 32.2. The molecule has 0 aromatic heterocycles. The van der Waals surface area contributed by atoms with Crippen molar-refractivity contribution in [2.24, 2.45) is 11.7 Å². The van der Waals surface area contributed by atoms with Crippen LogP contribution in [0.2, 0.25) is 0 Å². The van der Waals surface area contributed by atoms with Crippen molar-refractivity contribution in [3.8, 4) is 0 Å². The van der Waals surface area contributed by atoms with E-state index in [0.717, 1.165) is 22.4 Å². The maximum absolute atomic E-state index is 14.2. The number of nitrogens with zero attached hydrogens (tertiary/aromatic N) is 2. The smallest absolute Gasteiger partial charge is 0.249 e. The standard InChI is InChI=1S/C30H36N4O4S/c1-29(2,31)28(36)32-26(23-13-7-5-11-21-10-4-6-12-22(21)23)27(35)33-18-16-30(17-19-33)20-34(39(3,37)38)25-15-9-8-14-24(25)30/h4-15,22,26H,16-20,31H2,1-3H3,(H,32,36). The fourth-order valence-corrected chi connectivity index (χ4v) is 6.98. The fraction of sp³-hybridized carbons (Fsp3) is 0.400. The number of amides is 2. The van der Waals surface area contributed by atoms with Gasteiger partial charge in [-0.05, 0) is 49.5 Å². The van der Waals surface area contributed by atoms with Gasteiger partial charge in [-0.1, -0.05) is 66.8 Å². The number of carbonyl (C=O) groups is 2. The van der Waals surface area contributed by atoms with Crippen molar-refractivity contribution < 1.29 is 18.0 Å². The van der Waals surface area contributed by atoms with E-state index in [-0.39, 0.29) is 17.2 Å². The SMILES string of the molecule is CC(C)(N)C(=O)NC(C(=O)N1CCC2(CC1)CN(S(C)(=O)=O)c1ccccc12)C1=CC=CC=C2C=CC=CC21. The van der Waals surface area contributed by atoms with Gasteiger partial charge >= 0.3 is 0 Å². The summed E-state index contributed by atoms with van der Waals surface area (Å²) in [7, 11) is -3.43. The number of para-hydroxylation sites is 1. The molecule has 2 amide bonds. The van der Waals surface area contributed by atoms with Crippen molar-refractivity contribution in [3.63, 3.8) is 0 Å². The minimum atomic E-state index is -3.43. The van der Waals surface area contributed by atoms with Crippen LogP contribution < -0.4 is 15.4 Å². The number of piperidine rings is 1. The highest BCUT2D eigenvalue weighted by molar-refractivity contribution is 7.92. The summed E-state index contributed by atoms with van der Waals surface area (Å²) in [5, 5.41) is 2.96. The molecule has 4 aliphatic rings. The molecule has 5 rings (SSSR count). The summed E-state index contributed by atoms with van der Waals surface area (Å²) in [4.78, 5) is 29.0. The molecule has 1 spiro atoms. The van der Waals surface area contributed by atoms with Gasteiger partial charge in [0.1, 0.15) is 6.04 Å². The van der Waals surface area contributed by atoms with E-state index in [9.17, 15) is 18.0 Å². The third-order valence-corrected chi connectivity index (χ3v) is 9.30. The number of fused-ring (bicyclic) bond motifs is 3. The van der Waals surface area contributed by atoms with E-state index in [0.29, 0.717) is 32.5 Å². The molecule has 206 valence electrons. The highest BCUT2D eigenvalue weighted by Crippen LogP contribution is 2.48. The van der Waals surface area contributed by atoms with Crippen molar-refractivity contribution in [1.82, 2.24) is 10.2 Å². The van der Waals surface area contributed by atoms with E-state index < -0.39 is 27.5 Å². The Kier molecular flexibility index (Phi) is 6.93. The summed E-state index contributed by atoms with van der Waals surface area (Å²) >= 11 is 0. The number of likely N-dealkylation sites (tertiary alicyclic amines) is 1. The molecule has 1 fully saturated rings. The Hall–Kier alpha value is -3.43. The van der Waals surface area contributed by atoms with Gasteiger partial charge in [0.2, 0.25) is 21.8 Å². The van der Waals surface area contributed by atoms with Crippen LogP contribution >= 0.6 is 0 Å². The zero-order valence-corrected chi connectivity index (χ0v) is 23.4. The summed E-state index contributed by atoms with van der Waals surface area (Å²) in [6, 6.07) is 6.77. The molecule has 2 unspecified atom stereocenters. The van der Waals surface area contributed by atoms with Crippen LogP contribution in [-0.2, 0) is 25.0 Å². The first-order valence-electron chi connectivity index (χ1n) is 13.3. The number of sulfonamides is 1. The number of nitrogens with two attached hydrogens (primary N) is 1. The van der Waals surface area contributed by atoms with Crippen LogP contribution in [0.5, 0.6) is 0 Å². The van der Waals surface area contributed by atoms with E-state index in [1.807, 2.05) is 72.9 Å². The molecule has 2 aliphatic carbocycles. The first kappa shape index (κ1) is 27.1. The summed E-state index contributed by atoms with van der Waals surface area (Å²) in [5.41, 5.74) is 8.16. The van der Waals surface area contributed by atoms with Crippen LogP contribution in [-0.4, -0.2) is 62.6 Å². The van der Waals surface area contributed by atoms with Crippen molar-refractivity contribution in [3.05, 3.63) is 89.6 Å². The topological polar surface area (TPSA) is 113 Å². The van der Waals surface area contributed by atoms with Gasteiger partial charge in [0, 0.05) is 31.0 Å². The maximum atomic E-state index is 14.2. The molecule has 0 saturated carbocycles. The Morgan fingerprint density at radius 3 is 2.46 bits per heavy atom. The maximum Gasteiger partial charge on any atom is 0.249 e. The molecule has 3 N–H and O–H groups in total. The van der Waals surface area contributed by atoms with E-state index in [4.69, 9.17) is 5.73 Å². The molecular formula is C30H36N4O4S. The van der Waals surface area contributed by atoms with Crippen LogP contribution in [0.3, 0.4) is 0 Å². The van der Waals surface area contributed by atoms with Gasteiger partial charge in [-0.25, -0.2) is 8.42 Å². The minimum Gasteiger partial charge on any atom is -0.341 e. The molecule has 9 heteroatoms. The number of carbonyl (C=O) groups excluding carboxylic acids is 2. The summed E-state index contributed by atoms with van der Waals surface area (Å²) < 4.78 is 26.6. The van der Waals surface area contributed by atoms with Gasteiger partial charge < -0.3 is 16.0 Å². The van der Waals surface area contributed by atoms with E-state index in [1.165, 1.54) is 10.6 Å². The zero-order chi connectivity index (χ0) is 28.0. The number of hydrogen-bond donors (Lipinski definition) is 2. The van der Waals surface area contributed by atoms with Gasteiger partial charge in [-0.15, -0.1) is 0 Å². The second-order valence-corrected chi connectivity index (χ2v) is 13.4. The lowest BCUT2D eigenvalue weighted by atomic mass is 9.74. The Bertz CT molecular complexity index is 1440. The molecule has 39 heavy (non-hydrogen) atoms. The zero-order valence-electron chi connectivity index (χ0n) is 22.6. The lowest BCUT2D eigenvalue weighted by Gasteiger charge is -2.41. The summed E-state index contributed by atoms with van der Waals surface area (Å²) in [5.74, 6) is -0.739. The van der Waals surface area contributed by atoms with E-state index >= 15 is 0 Å². The molecular weight excluding hydrogens is 512 g/mol. The summed E-state index contributed by atoms with van der Waals surface area (Å²) in [6.07, 6.45) is 18.2. The second-order valence-electron chi connectivity index (χ2n) is 11.5. The molecule has 1 aromatic carbocycles. The number of allylic oxidation sites excluding steroid dienone is 9. The second kappa shape index (κ2) is 9.95. The van der Waals surface area contributed by atoms with Gasteiger partial charge in [-0.2, -0.15) is 0 Å². The van der Waals surface area contributed by atoms with E-state index in [2.05, 4.69) is 5.32 Å². The molecule has 0 radical (unpaired) electrons. The molecule has 8 nitrogen and oxygen atoms in total. The summed E-state index contributed by atoms with van der Waals surface area (Å²) in [6.45, 7) is 4.52. The first-order valence-corrected chi connectivity index (χ1v) is 15.1. The Labute approximate surface area is 230 Å². The lowest BCUT2D eigenvalue weighted by Crippen LogP contribution is -2.59. The van der Waals surface area contributed by atoms with Crippen molar-refractivity contribution in [2.75, 3.05) is 30.2 Å². The van der Waals surface area contributed by atoms with E-state index in [1.54, 1.807) is 18.7 Å².